The Balaban J connectivity index is 1.47. The van der Waals surface area contributed by atoms with Gasteiger partial charge in [0, 0.05) is 23.6 Å². The molecule has 1 aliphatic carbocycles. The molecule has 136 valence electrons. The molecule has 0 atom stereocenters. The van der Waals surface area contributed by atoms with Gasteiger partial charge in [0.25, 0.3) is 0 Å². The second-order valence-electron chi connectivity index (χ2n) is 7.01. The molecule has 4 rings (SSSR count). The third-order valence-corrected chi connectivity index (χ3v) is 4.79. The number of ketones is 1. The van der Waals surface area contributed by atoms with Gasteiger partial charge in [0.05, 0.1) is 17.4 Å². The molecule has 1 fully saturated rings. The normalized spacial score (nSPS) is 14.0. The van der Waals surface area contributed by atoms with Crippen LogP contribution in [0.1, 0.15) is 35.7 Å². The lowest BCUT2D eigenvalue weighted by Crippen LogP contribution is -2.11. The molecule has 0 aliphatic heterocycles. The lowest BCUT2D eigenvalue weighted by molar-refractivity contribution is -0.111. The maximum Gasteiger partial charge on any atom is 0.248 e. The Kier molecular flexibility index (Phi) is 4.59. The second-order valence-corrected chi connectivity index (χ2v) is 7.01. The first-order valence-electron chi connectivity index (χ1n) is 9.15. The van der Waals surface area contributed by atoms with Crippen LogP contribution in [0.2, 0.25) is 0 Å². The van der Waals surface area contributed by atoms with Crippen LogP contribution < -0.4 is 5.32 Å². The Hall–Kier alpha value is -3.21. The quantitative estimate of drug-likeness (QED) is 0.527. The van der Waals surface area contributed by atoms with Crippen LogP contribution >= 0.6 is 0 Å². The first kappa shape index (κ1) is 17.2. The van der Waals surface area contributed by atoms with E-state index in [0.717, 1.165) is 28.9 Å². The van der Waals surface area contributed by atoms with Gasteiger partial charge in [0.1, 0.15) is 0 Å². The molecular formula is C22H21N3O2. The number of benzene rings is 2. The van der Waals surface area contributed by atoms with Gasteiger partial charge < -0.3 is 5.32 Å². The Bertz CT molecular complexity index is 1040. The van der Waals surface area contributed by atoms with Crippen LogP contribution in [0.4, 0.5) is 5.69 Å². The summed E-state index contributed by atoms with van der Waals surface area (Å²) in [5, 5.41) is 8.31. The number of anilines is 1. The average molecular weight is 359 g/mol. The molecule has 0 saturated heterocycles. The van der Waals surface area contributed by atoms with Crippen molar-refractivity contribution in [2.24, 2.45) is 5.92 Å². The van der Waals surface area contributed by atoms with Crippen molar-refractivity contribution in [2.75, 3.05) is 5.32 Å². The Morgan fingerprint density at radius 3 is 2.81 bits per heavy atom. The Morgan fingerprint density at radius 1 is 1.22 bits per heavy atom. The summed E-state index contributed by atoms with van der Waals surface area (Å²) in [4.78, 5) is 23.9. The first-order valence-corrected chi connectivity index (χ1v) is 9.15. The number of amides is 1. The fourth-order valence-electron chi connectivity index (χ4n) is 3.15. The molecule has 0 spiro atoms. The molecule has 5 nitrogen and oxygen atoms in total. The minimum absolute atomic E-state index is 0.0801. The molecule has 1 N–H and O–H groups in total. The molecule has 1 aliphatic rings. The van der Waals surface area contributed by atoms with Gasteiger partial charge in [0.2, 0.25) is 5.91 Å². The summed E-state index contributed by atoms with van der Waals surface area (Å²) in [5.74, 6) is 0.422. The molecule has 1 saturated carbocycles. The van der Waals surface area contributed by atoms with Crippen LogP contribution in [-0.2, 0) is 11.3 Å². The standard InChI is InChI=1S/C22H21N3O2/c1-15(26)19-4-2-3-5-20(19)24-22(27)11-9-16-8-10-21-18(12-16)13-23-25(21)14-17-6-7-17/h2-5,8-13,17H,6-7,14H2,1H3,(H,24,27)/b11-9+. The Labute approximate surface area is 157 Å². The number of nitrogens with one attached hydrogen (secondary N) is 1. The molecule has 0 bridgehead atoms. The van der Waals surface area contributed by atoms with Crippen LogP contribution in [0.5, 0.6) is 0 Å². The van der Waals surface area contributed by atoms with Gasteiger partial charge >= 0.3 is 0 Å². The smallest absolute Gasteiger partial charge is 0.248 e. The lowest BCUT2D eigenvalue weighted by Gasteiger charge is -2.06. The summed E-state index contributed by atoms with van der Waals surface area (Å²) in [7, 11) is 0. The van der Waals surface area contributed by atoms with Gasteiger partial charge in [-0.2, -0.15) is 5.10 Å². The number of nitrogens with zero attached hydrogens (tertiary/aromatic N) is 2. The first-order chi connectivity index (χ1) is 13.1. The molecule has 0 unspecified atom stereocenters. The average Bonchev–Trinajstić information content (AvgIpc) is 3.39. The summed E-state index contributed by atoms with van der Waals surface area (Å²) in [6, 6.07) is 13.1. The lowest BCUT2D eigenvalue weighted by atomic mass is 10.1. The van der Waals surface area contributed by atoms with E-state index in [-0.39, 0.29) is 11.7 Å². The fourth-order valence-corrected chi connectivity index (χ4v) is 3.15. The van der Waals surface area contributed by atoms with Crippen molar-refractivity contribution in [3.63, 3.8) is 0 Å². The largest absolute Gasteiger partial charge is 0.322 e. The summed E-state index contributed by atoms with van der Waals surface area (Å²) in [6.45, 7) is 2.47. The van der Waals surface area contributed by atoms with Crippen molar-refractivity contribution in [3.8, 4) is 0 Å². The molecule has 27 heavy (non-hydrogen) atoms. The van der Waals surface area contributed by atoms with Gasteiger partial charge in [-0.15, -0.1) is 0 Å². The third kappa shape index (κ3) is 3.97. The minimum atomic E-state index is -0.270. The Morgan fingerprint density at radius 2 is 2.04 bits per heavy atom. The van der Waals surface area contributed by atoms with Crippen molar-refractivity contribution in [2.45, 2.75) is 26.3 Å². The number of rotatable bonds is 6. The summed E-state index contributed by atoms with van der Waals surface area (Å²) < 4.78 is 2.06. The van der Waals surface area contributed by atoms with E-state index in [1.807, 2.05) is 24.4 Å². The van der Waals surface area contributed by atoms with Crippen LogP contribution in [0.25, 0.3) is 17.0 Å². The summed E-state index contributed by atoms with van der Waals surface area (Å²) in [6.07, 6.45) is 7.71. The number of para-hydroxylation sites is 1. The van der Waals surface area contributed by atoms with E-state index < -0.39 is 0 Å². The highest BCUT2D eigenvalue weighted by atomic mass is 16.1. The zero-order chi connectivity index (χ0) is 18.8. The molecule has 3 aromatic rings. The van der Waals surface area contributed by atoms with E-state index in [9.17, 15) is 9.59 Å². The van der Waals surface area contributed by atoms with Gasteiger partial charge in [-0.05, 0) is 61.6 Å². The van der Waals surface area contributed by atoms with E-state index in [1.54, 1.807) is 30.3 Å². The monoisotopic (exact) mass is 359 g/mol. The number of carbonyl (C=O) groups is 2. The predicted octanol–water partition coefficient (Wildman–Crippen LogP) is 4.30. The molecule has 1 amide bonds. The zero-order valence-electron chi connectivity index (χ0n) is 15.2. The highest BCUT2D eigenvalue weighted by Crippen LogP contribution is 2.31. The summed E-state index contributed by atoms with van der Waals surface area (Å²) in [5.41, 5.74) is 3.09. The number of Topliss-reactive ketones (excluding diaryl/α,β-unsaturated/α-hetero) is 1. The molecule has 1 aromatic heterocycles. The van der Waals surface area contributed by atoms with Crippen LogP contribution in [-0.4, -0.2) is 21.5 Å². The molecule has 2 aromatic carbocycles. The summed E-state index contributed by atoms with van der Waals surface area (Å²) >= 11 is 0. The van der Waals surface area contributed by atoms with Crippen molar-refractivity contribution < 1.29 is 9.59 Å². The van der Waals surface area contributed by atoms with Gasteiger partial charge in [-0.25, -0.2) is 0 Å². The SMILES string of the molecule is CC(=O)c1ccccc1NC(=O)/C=C/c1ccc2c(cnn2CC2CC2)c1. The highest BCUT2D eigenvalue weighted by molar-refractivity contribution is 6.07. The van der Waals surface area contributed by atoms with Crippen LogP contribution in [0, 0.1) is 5.92 Å². The van der Waals surface area contributed by atoms with Crippen LogP contribution in [0.15, 0.2) is 54.7 Å². The van der Waals surface area contributed by atoms with Gasteiger partial charge in [-0.1, -0.05) is 18.2 Å². The molecular weight excluding hydrogens is 338 g/mol. The molecule has 5 heteroatoms. The number of hydrogen-bond acceptors (Lipinski definition) is 3. The number of carbonyl (C=O) groups excluding carboxylic acids is 2. The zero-order valence-corrected chi connectivity index (χ0v) is 15.2. The number of fused-ring (bicyclic) bond motifs is 1. The van der Waals surface area contributed by atoms with E-state index in [0.29, 0.717) is 11.3 Å². The van der Waals surface area contributed by atoms with Crippen molar-refractivity contribution >= 4 is 34.4 Å². The molecule has 1 heterocycles. The van der Waals surface area contributed by atoms with Crippen molar-refractivity contribution in [3.05, 3.63) is 65.9 Å². The highest BCUT2D eigenvalue weighted by Gasteiger charge is 2.22. The second kappa shape index (κ2) is 7.19. The topological polar surface area (TPSA) is 64.0 Å². The van der Waals surface area contributed by atoms with Crippen molar-refractivity contribution in [1.82, 2.24) is 9.78 Å². The maximum atomic E-state index is 12.2. The predicted molar refractivity (Wildman–Crippen MR) is 107 cm³/mol. The number of hydrogen-bond donors (Lipinski definition) is 1. The van der Waals surface area contributed by atoms with E-state index in [4.69, 9.17) is 0 Å². The third-order valence-electron chi connectivity index (χ3n) is 4.79. The maximum absolute atomic E-state index is 12.2. The van der Waals surface area contributed by atoms with Crippen LogP contribution in [0.3, 0.4) is 0 Å². The minimum Gasteiger partial charge on any atom is -0.322 e. The van der Waals surface area contributed by atoms with Gasteiger partial charge in [-0.3, -0.25) is 14.3 Å². The van der Waals surface area contributed by atoms with E-state index in [2.05, 4.69) is 15.1 Å². The van der Waals surface area contributed by atoms with Crippen molar-refractivity contribution in [1.29, 1.82) is 0 Å². The van der Waals surface area contributed by atoms with E-state index >= 15 is 0 Å². The van der Waals surface area contributed by atoms with Gasteiger partial charge in [0.15, 0.2) is 5.78 Å². The molecule has 0 radical (unpaired) electrons. The number of aromatic nitrogens is 2. The van der Waals surface area contributed by atoms with E-state index in [1.165, 1.54) is 25.8 Å². The fraction of sp³-hybridized carbons (Fsp3) is 0.227.